The number of hydrogen-bond acceptors (Lipinski definition) is 4. The van der Waals surface area contributed by atoms with Gasteiger partial charge in [0.2, 0.25) is 5.78 Å². The van der Waals surface area contributed by atoms with E-state index >= 15 is 0 Å². The van der Waals surface area contributed by atoms with E-state index < -0.39 is 0 Å². The Hall–Kier alpha value is -2.38. The number of nitrogens with zero attached hydrogens (tertiary/aromatic N) is 5. The third-order valence-corrected chi connectivity index (χ3v) is 5.25. The second kappa shape index (κ2) is 9.89. The van der Waals surface area contributed by atoms with E-state index in [9.17, 15) is 4.79 Å². The zero-order valence-electron chi connectivity index (χ0n) is 16.5. The van der Waals surface area contributed by atoms with Crippen molar-refractivity contribution < 1.29 is 0 Å². The van der Waals surface area contributed by atoms with Gasteiger partial charge >= 0.3 is 0 Å². The summed E-state index contributed by atoms with van der Waals surface area (Å²) in [5.74, 6) is 0.629. The Kier molecular flexibility index (Phi) is 7.28. The molecule has 0 atom stereocenters. The van der Waals surface area contributed by atoms with E-state index in [1.165, 1.54) is 4.52 Å². The zero-order valence-corrected chi connectivity index (χ0v) is 18.0. The molecule has 0 bridgehead atoms. The number of aromatic amines is 1. The molecule has 0 spiro atoms. The predicted molar refractivity (Wildman–Crippen MR) is 119 cm³/mol. The van der Waals surface area contributed by atoms with Crippen LogP contribution in [0.1, 0.15) is 39.5 Å². The largest absolute Gasteiger partial charge is 0.362 e. The minimum Gasteiger partial charge on any atom is -0.362 e. The number of halogens is 2. The van der Waals surface area contributed by atoms with Crippen LogP contribution in [0.4, 0.5) is 5.95 Å². The molecule has 1 aromatic carbocycles. The highest BCUT2D eigenvalue weighted by molar-refractivity contribution is 6.42. The molecule has 154 valence electrons. The molecule has 9 heteroatoms. The highest BCUT2D eigenvalue weighted by Crippen LogP contribution is 2.27. The van der Waals surface area contributed by atoms with Crippen molar-refractivity contribution in [1.82, 2.24) is 24.5 Å². The van der Waals surface area contributed by atoms with Gasteiger partial charge in [0.15, 0.2) is 0 Å². The summed E-state index contributed by atoms with van der Waals surface area (Å²) in [7, 11) is 0. The van der Waals surface area contributed by atoms with E-state index in [0.717, 1.165) is 38.8 Å². The van der Waals surface area contributed by atoms with Crippen LogP contribution in [0.25, 0.3) is 16.9 Å². The van der Waals surface area contributed by atoms with Crippen molar-refractivity contribution in [2.45, 2.75) is 39.5 Å². The smallest absolute Gasteiger partial charge is 0.271 e. The van der Waals surface area contributed by atoms with Gasteiger partial charge < -0.3 is 4.90 Å². The molecule has 0 unspecified atom stereocenters. The molecule has 0 amide bonds. The summed E-state index contributed by atoms with van der Waals surface area (Å²) in [4.78, 5) is 26.1. The average Bonchev–Trinajstić information content (AvgIpc) is 3.10. The first-order valence-corrected chi connectivity index (χ1v) is 10.5. The van der Waals surface area contributed by atoms with Crippen LogP contribution < -0.4 is 5.56 Å². The van der Waals surface area contributed by atoms with E-state index in [2.05, 4.69) is 38.8 Å². The lowest BCUT2D eigenvalue weighted by Crippen LogP contribution is -2.24. The third kappa shape index (κ3) is 5.36. The van der Waals surface area contributed by atoms with Crippen molar-refractivity contribution in [2.75, 3.05) is 13.1 Å². The Morgan fingerprint density at radius 3 is 2.55 bits per heavy atom. The molecular formula is C20H24Cl2N6O. The Morgan fingerprint density at radius 1 is 1.17 bits per heavy atom. The minimum atomic E-state index is -0.286. The second-order valence-electron chi connectivity index (χ2n) is 6.79. The third-order valence-electron chi connectivity index (χ3n) is 4.51. The van der Waals surface area contributed by atoms with Crippen LogP contribution in [0.3, 0.4) is 0 Å². The summed E-state index contributed by atoms with van der Waals surface area (Å²) in [5.41, 5.74) is 0.781. The molecule has 0 aliphatic rings. The Bertz CT molecular complexity index is 1050. The standard InChI is InChI=1S/C20H24Cl2N6O/c1-3-5-9-27(10-6-4-2)13-23-19-25-20-24-18(29)15(12-28(20)26-19)14-7-8-16(21)17(22)11-14/h7-8,11-13H,3-6,9-10H2,1-2H3,(H,24,25,26,29). The fraction of sp³-hybridized carbons (Fsp3) is 0.400. The SMILES string of the molecule is CCCCN(C=Nc1nc2[nH]c(=O)c(-c3ccc(Cl)c(Cl)c3)cn2n1)CCCC. The van der Waals surface area contributed by atoms with Crippen LogP contribution in [0.15, 0.2) is 34.2 Å². The Balaban J connectivity index is 1.87. The van der Waals surface area contributed by atoms with Crippen molar-refractivity contribution >= 4 is 41.3 Å². The minimum absolute atomic E-state index is 0.286. The Labute approximate surface area is 179 Å². The number of benzene rings is 1. The number of fused-ring (bicyclic) bond motifs is 1. The van der Waals surface area contributed by atoms with Gasteiger partial charge in [-0.1, -0.05) is 56.0 Å². The summed E-state index contributed by atoms with van der Waals surface area (Å²) in [6.45, 7) is 6.23. The number of aromatic nitrogens is 4. The summed E-state index contributed by atoms with van der Waals surface area (Å²) in [5, 5.41) is 5.18. The monoisotopic (exact) mass is 434 g/mol. The molecule has 3 rings (SSSR count). The molecule has 3 aromatic rings. The first kappa shape index (κ1) is 21.3. The maximum absolute atomic E-state index is 12.5. The van der Waals surface area contributed by atoms with E-state index in [0.29, 0.717) is 32.9 Å². The van der Waals surface area contributed by atoms with Crippen LogP contribution >= 0.6 is 23.2 Å². The van der Waals surface area contributed by atoms with Gasteiger partial charge in [-0.3, -0.25) is 9.78 Å². The maximum atomic E-state index is 12.5. The molecule has 0 saturated heterocycles. The van der Waals surface area contributed by atoms with Crippen LogP contribution in [0.2, 0.25) is 10.0 Å². The van der Waals surface area contributed by atoms with Gasteiger partial charge in [0, 0.05) is 19.3 Å². The van der Waals surface area contributed by atoms with Crippen LogP contribution in [0, 0.1) is 0 Å². The van der Waals surface area contributed by atoms with E-state index in [1.54, 1.807) is 30.7 Å². The van der Waals surface area contributed by atoms with Crippen LogP contribution in [-0.2, 0) is 0 Å². The zero-order chi connectivity index (χ0) is 20.8. The highest BCUT2D eigenvalue weighted by atomic mass is 35.5. The van der Waals surface area contributed by atoms with Crippen molar-refractivity contribution in [3.63, 3.8) is 0 Å². The lowest BCUT2D eigenvalue weighted by Gasteiger charge is -2.18. The summed E-state index contributed by atoms with van der Waals surface area (Å²) in [6, 6.07) is 5.04. The molecule has 0 radical (unpaired) electrons. The number of unbranched alkanes of at least 4 members (excludes halogenated alkanes) is 2. The van der Waals surface area contributed by atoms with Gasteiger partial charge in [0.1, 0.15) is 0 Å². The number of hydrogen-bond donors (Lipinski definition) is 1. The topological polar surface area (TPSA) is 78.7 Å². The van der Waals surface area contributed by atoms with E-state index in [1.807, 2.05) is 0 Å². The van der Waals surface area contributed by atoms with Gasteiger partial charge in [0.05, 0.1) is 21.9 Å². The maximum Gasteiger partial charge on any atom is 0.271 e. The summed E-state index contributed by atoms with van der Waals surface area (Å²) in [6.07, 6.45) is 7.87. The fourth-order valence-electron chi connectivity index (χ4n) is 2.84. The van der Waals surface area contributed by atoms with Crippen LogP contribution in [-0.4, -0.2) is 43.9 Å². The lowest BCUT2D eigenvalue weighted by molar-refractivity contribution is 0.409. The molecule has 7 nitrogen and oxygen atoms in total. The molecule has 29 heavy (non-hydrogen) atoms. The van der Waals surface area contributed by atoms with Gasteiger partial charge in [-0.15, -0.1) is 5.10 Å². The van der Waals surface area contributed by atoms with E-state index in [-0.39, 0.29) is 5.56 Å². The van der Waals surface area contributed by atoms with Crippen molar-refractivity contribution in [1.29, 1.82) is 0 Å². The van der Waals surface area contributed by atoms with Gasteiger partial charge in [-0.05, 0) is 30.5 Å². The second-order valence-corrected chi connectivity index (χ2v) is 7.61. The Morgan fingerprint density at radius 2 is 1.90 bits per heavy atom. The first-order valence-electron chi connectivity index (χ1n) is 9.75. The number of rotatable bonds is 9. The van der Waals surface area contributed by atoms with Gasteiger partial charge in [-0.2, -0.15) is 4.98 Å². The highest BCUT2D eigenvalue weighted by Gasteiger charge is 2.11. The molecule has 2 heterocycles. The molecular weight excluding hydrogens is 411 g/mol. The number of H-pyrrole nitrogens is 1. The molecule has 0 fully saturated rings. The van der Waals surface area contributed by atoms with Crippen molar-refractivity contribution in [2.24, 2.45) is 4.99 Å². The average molecular weight is 435 g/mol. The fourth-order valence-corrected chi connectivity index (χ4v) is 3.14. The molecule has 1 N–H and O–H groups in total. The first-order chi connectivity index (χ1) is 14.0. The lowest BCUT2D eigenvalue weighted by atomic mass is 10.1. The molecule has 0 aliphatic carbocycles. The van der Waals surface area contributed by atoms with E-state index in [4.69, 9.17) is 23.2 Å². The van der Waals surface area contributed by atoms with Gasteiger partial charge in [-0.25, -0.2) is 9.51 Å². The predicted octanol–water partition coefficient (Wildman–Crippen LogP) is 4.95. The number of aliphatic imine (C=N–C) groups is 1. The van der Waals surface area contributed by atoms with Crippen molar-refractivity contribution in [3.8, 4) is 11.1 Å². The molecule has 0 saturated carbocycles. The molecule has 2 aromatic heterocycles. The molecule has 0 aliphatic heterocycles. The summed E-state index contributed by atoms with van der Waals surface area (Å²) >= 11 is 12.0. The van der Waals surface area contributed by atoms with Gasteiger partial charge in [0.25, 0.3) is 11.5 Å². The van der Waals surface area contributed by atoms with Crippen LogP contribution in [0.5, 0.6) is 0 Å². The number of nitrogens with one attached hydrogen (secondary N) is 1. The quantitative estimate of drug-likeness (QED) is 0.381. The van der Waals surface area contributed by atoms with Crippen molar-refractivity contribution in [3.05, 3.63) is 44.8 Å². The normalized spacial score (nSPS) is 11.6. The summed E-state index contributed by atoms with van der Waals surface area (Å²) < 4.78 is 1.51.